The molecule has 3 rings (SSSR count). The van der Waals surface area contributed by atoms with Gasteiger partial charge in [0, 0.05) is 11.0 Å². The van der Waals surface area contributed by atoms with Crippen molar-refractivity contribution in [2.75, 3.05) is 13.3 Å². The van der Waals surface area contributed by atoms with Crippen LogP contribution in [0.3, 0.4) is 0 Å². The van der Waals surface area contributed by atoms with Crippen molar-refractivity contribution in [1.82, 2.24) is 5.32 Å². The second kappa shape index (κ2) is 6.37. The Balaban J connectivity index is 1.55. The fourth-order valence-corrected chi connectivity index (χ4v) is 3.91. The van der Waals surface area contributed by atoms with E-state index >= 15 is 0 Å². The third-order valence-electron chi connectivity index (χ3n) is 3.01. The molecular formula is C14H11Br2NO3S. The van der Waals surface area contributed by atoms with Crippen molar-refractivity contribution in [3.8, 4) is 11.5 Å². The maximum atomic E-state index is 12.0. The molecule has 0 radical (unpaired) electrons. The Bertz CT molecular complexity index is 667. The number of nitrogens with one attached hydrogen (secondary N) is 1. The summed E-state index contributed by atoms with van der Waals surface area (Å²) in [4.78, 5) is 12.7. The van der Waals surface area contributed by atoms with Gasteiger partial charge in [0.1, 0.15) is 0 Å². The van der Waals surface area contributed by atoms with Crippen molar-refractivity contribution in [2.45, 2.75) is 6.42 Å². The van der Waals surface area contributed by atoms with Gasteiger partial charge in [-0.3, -0.25) is 4.79 Å². The minimum Gasteiger partial charge on any atom is -0.454 e. The molecule has 21 heavy (non-hydrogen) atoms. The van der Waals surface area contributed by atoms with Crippen molar-refractivity contribution >= 4 is 49.1 Å². The van der Waals surface area contributed by atoms with E-state index in [-0.39, 0.29) is 12.7 Å². The van der Waals surface area contributed by atoms with Gasteiger partial charge in [0.25, 0.3) is 5.91 Å². The fourth-order valence-electron chi connectivity index (χ4n) is 1.96. The van der Waals surface area contributed by atoms with Gasteiger partial charge in [-0.25, -0.2) is 0 Å². The van der Waals surface area contributed by atoms with E-state index in [2.05, 4.69) is 37.2 Å². The number of thiophene rings is 1. The molecule has 0 bridgehead atoms. The van der Waals surface area contributed by atoms with Crippen LogP contribution in [0.4, 0.5) is 0 Å². The van der Waals surface area contributed by atoms with Crippen LogP contribution < -0.4 is 14.8 Å². The molecule has 0 saturated carbocycles. The van der Waals surface area contributed by atoms with Gasteiger partial charge in [-0.05, 0) is 62.0 Å². The number of benzene rings is 1. The molecule has 1 amide bonds. The van der Waals surface area contributed by atoms with Crippen LogP contribution in [0, 0.1) is 0 Å². The van der Waals surface area contributed by atoms with E-state index in [0.29, 0.717) is 11.4 Å². The largest absolute Gasteiger partial charge is 0.454 e. The zero-order chi connectivity index (χ0) is 14.8. The molecule has 0 fully saturated rings. The quantitative estimate of drug-likeness (QED) is 0.794. The Labute approximate surface area is 142 Å². The molecule has 1 aromatic heterocycles. The number of hydrogen-bond acceptors (Lipinski definition) is 4. The summed E-state index contributed by atoms with van der Waals surface area (Å²) in [6.45, 7) is 0.850. The Morgan fingerprint density at radius 2 is 2.05 bits per heavy atom. The molecule has 0 atom stereocenters. The van der Waals surface area contributed by atoms with Gasteiger partial charge in [0.2, 0.25) is 6.79 Å². The standard InChI is InChI=1S/C14H11Br2NO3S/c15-9-6-12(21-13(9)16)14(18)17-4-3-8-1-2-10-11(5-8)20-7-19-10/h1-2,5-6H,3-4,7H2,(H,17,18). The third kappa shape index (κ3) is 3.41. The molecule has 0 aliphatic carbocycles. The Morgan fingerprint density at radius 1 is 1.24 bits per heavy atom. The normalized spacial score (nSPS) is 12.5. The van der Waals surface area contributed by atoms with Crippen LogP contribution in [0.2, 0.25) is 0 Å². The molecule has 1 aliphatic rings. The monoisotopic (exact) mass is 431 g/mol. The van der Waals surface area contributed by atoms with Crippen LogP contribution in [0.1, 0.15) is 15.2 Å². The van der Waals surface area contributed by atoms with E-state index in [1.54, 1.807) is 0 Å². The Kier molecular flexibility index (Phi) is 4.51. The summed E-state index contributed by atoms with van der Waals surface area (Å²) in [6.07, 6.45) is 0.746. The molecule has 1 N–H and O–H groups in total. The van der Waals surface area contributed by atoms with E-state index < -0.39 is 0 Å². The van der Waals surface area contributed by atoms with E-state index in [0.717, 1.165) is 31.7 Å². The maximum absolute atomic E-state index is 12.0. The topological polar surface area (TPSA) is 47.6 Å². The van der Waals surface area contributed by atoms with Crippen molar-refractivity contribution in [3.05, 3.63) is 43.0 Å². The van der Waals surface area contributed by atoms with Crippen molar-refractivity contribution < 1.29 is 14.3 Å². The summed E-state index contributed by atoms with van der Waals surface area (Å²) in [5, 5.41) is 2.91. The van der Waals surface area contributed by atoms with Gasteiger partial charge >= 0.3 is 0 Å². The van der Waals surface area contributed by atoms with Crippen molar-refractivity contribution in [1.29, 1.82) is 0 Å². The van der Waals surface area contributed by atoms with Crippen LogP contribution in [-0.2, 0) is 6.42 Å². The van der Waals surface area contributed by atoms with Gasteiger partial charge in [-0.2, -0.15) is 0 Å². The van der Waals surface area contributed by atoms with Crippen molar-refractivity contribution in [2.24, 2.45) is 0 Å². The molecule has 7 heteroatoms. The number of ether oxygens (including phenoxy) is 2. The summed E-state index contributed by atoms with van der Waals surface area (Å²) in [5.74, 6) is 1.48. The molecule has 0 unspecified atom stereocenters. The second-order valence-corrected chi connectivity index (χ2v) is 7.65. The lowest BCUT2D eigenvalue weighted by atomic mass is 10.1. The lowest BCUT2D eigenvalue weighted by Gasteiger charge is -2.05. The van der Waals surface area contributed by atoms with Crippen LogP contribution in [0.15, 0.2) is 32.5 Å². The van der Waals surface area contributed by atoms with Gasteiger partial charge in [-0.15, -0.1) is 11.3 Å². The van der Waals surface area contributed by atoms with Crippen LogP contribution in [0.25, 0.3) is 0 Å². The van der Waals surface area contributed by atoms with Crippen LogP contribution in [0.5, 0.6) is 11.5 Å². The highest BCUT2D eigenvalue weighted by Gasteiger charge is 2.14. The minimum atomic E-state index is -0.0628. The number of hydrogen-bond donors (Lipinski definition) is 1. The average Bonchev–Trinajstić information content (AvgIpc) is 3.05. The molecule has 1 aliphatic heterocycles. The number of carbonyl (C=O) groups is 1. The first-order valence-corrected chi connectivity index (χ1v) is 8.65. The first-order valence-electron chi connectivity index (χ1n) is 6.25. The maximum Gasteiger partial charge on any atom is 0.261 e. The first kappa shape index (κ1) is 14.9. The van der Waals surface area contributed by atoms with E-state index in [1.165, 1.54) is 11.3 Å². The molecule has 1 aromatic carbocycles. The van der Waals surface area contributed by atoms with Crippen LogP contribution >= 0.6 is 43.2 Å². The molecule has 2 heterocycles. The Morgan fingerprint density at radius 3 is 2.81 bits per heavy atom. The number of fused-ring (bicyclic) bond motifs is 1. The SMILES string of the molecule is O=C(NCCc1ccc2c(c1)OCO2)c1cc(Br)c(Br)s1. The minimum absolute atomic E-state index is 0.0628. The first-order chi connectivity index (χ1) is 10.1. The van der Waals surface area contributed by atoms with Crippen LogP contribution in [-0.4, -0.2) is 19.2 Å². The van der Waals surface area contributed by atoms with E-state index in [1.807, 2.05) is 24.3 Å². The predicted molar refractivity (Wildman–Crippen MR) is 88.3 cm³/mol. The molecule has 4 nitrogen and oxygen atoms in total. The van der Waals surface area contributed by atoms with Gasteiger partial charge in [0.05, 0.1) is 8.66 Å². The highest BCUT2D eigenvalue weighted by atomic mass is 79.9. The smallest absolute Gasteiger partial charge is 0.261 e. The second-order valence-electron chi connectivity index (χ2n) is 4.43. The summed E-state index contributed by atoms with van der Waals surface area (Å²) >= 11 is 8.17. The lowest BCUT2D eigenvalue weighted by molar-refractivity contribution is 0.0958. The Hall–Kier alpha value is -1.05. The lowest BCUT2D eigenvalue weighted by Crippen LogP contribution is -2.24. The van der Waals surface area contributed by atoms with Gasteiger partial charge in [-0.1, -0.05) is 6.07 Å². The molecule has 2 aromatic rings. The van der Waals surface area contributed by atoms with E-state index in [4.69, 9.17) is 9.47 Å². The number of halogens is 2. The zero-order valence-corrected chi connectivity index (χ0v) is 14.8. The predicted octanol–water partition coefficient (Wildman–Crippen LogP) is 3.97. The summed E-state index contributed by atoms with van der Waals surface area (Å²) < 4.78 is 12.4. The average molecular weight is 433 g/mol. The molecular weight excluding hydrogens is 422 g/mol. The number of carbonyl (C=O) groups excluding carboxylic acids is 1. The highest BCUT2D eigenvalue weighted by molar-refractivity contribution is 9.13. The summed E-state index contributed by atoms with van der Waals surface area (Å²) in [5.41, 5.74) is 1.10. The number of rotatable bonds is 4. The summed E-state index contributed by atoms with van der Waals surface area (Å²) in [6, 6.07) is 7.64. The third-order valence-corrected chi connectivity index (χ3v) is 6.26. The molecule has 0 spiro atoms. The zero-order valence-electron chi connectivity index (χ0n) is 10.8. The fraction of sp³-hybridized carbons (Fsp3) is 0.214. The van der Waals surface area contributed by atoms with Gasteiger partial charge < -0.3 is 14.8 Å². The number of amides is 1. The van der Waals surface area contributed by atoms with Crippen molar-refractivity contribution in [3.63, 3.8) is 0 Å². The van der Waals surface area contributed by atoms with E-state index in [9.17, 15) is 4.79 Å². The highest BCUT2D eigenvalue weighted by Crippen LogP contribution is 2.33. The molecule has 0 saturated heterocycles. The summed E-state index contributed by atoms with van der Waals surface area (Å²) in [7, 11) is 0. The van der Waals surface area contributed by atoms with Gasteiger partial charge in [0.15, 0.2) is 11.5 Å². The molecule has 110 valence electrons.